The number of aliphatic carboxylic acids is 1. The number of piperidine rings is 1. The quantitative estimate of drug-likeness (QED) is 0.741. The Bertz CT molecular complexity index is 501. The van der Waals surface area contributed by atoms with Crippen LogP contribution in [0.15, 0.2) is 12.4 Å². The predicted octanol–water partition coefficient (Wildman–Crippen LogP) is 0.346. The molecule has 8 nitrogen and oxygen atoms in total. The van der Waals surface area contributed by atoms with Crippen LogP contribution >= 0.6 is 0 Å². The van der Waals surface area contributed by atoms with Crippen molar-refractivity contribution in [1.82, 2.24) is 14.7 Å². The maximum Gasteiger partial charge on any atom is 0.325 e. The summed E-state index contributed by atoms with van der Waals surface area (Å²) in [7, 11) is 0. The number of aromatic nitrogens is 2. The van der Waals surface area contributed by atoms with Crippen molar-refractivity contribution in [3.8, 4) is 0 Å². The molecule has 0 atom stereocenters. The summed E-state index contributed by atoms with van der Waals surface area (Å²) in [5.74, 6) is -0.996. The first-order valence-corrected chi connectivity index (χ1v) is 6.38. The number of anilines is 1. The van der Waals surface area contributed by atoms with E-state index in [1.807, 2.05) is 0 Å². The van der Waals surface area contributed by atoms with Gasteiger partial charge >= 0.3 is 12.0 Å². The molecule has 0 spiro atoms. The highest BCUT2D eigenvalue weighted by atomic mass is 16.4. The maximum atomic E-state index is 12.0. The molecule has 1 aliphatic rings. The third kappa shape index (κ3) is 3.70. The Balaban J connectivity index is 1.88. The molecule has 0 aliphatic carbocycles. The van der Waals surface area contributed by atoms with Gasteiger partial charge in [-0.3, -0.25) is 9.48 Å². The predicted molar refractivity (Wildman–Crippen MR) is 70.3 cm³/mol. The van der Waals surface area contributed by atoms with E-state index >= 15 is 0 Å². The van der Waals surface area contributed by atoms with Crippen LogP contribution < -0.4 is 5.32 Å². The number of aliphatic hydroxyl groups is 1. The molecule has 8 heteroatoms. The molecule has 1 aliphatic heterocycles. The van der Waals surface area contributed by atoms with Gasteiger partial charge in [0.05, 0.1) is 17.5 Å². The van der Waals surface area contributed by atoms with E-state index in [0.717, 1.165) is 0 Å². The number of carboxylic acid groups (broad SMARTS) is 1. The SMILES string of the molecule is CC1(O)CCN(C(=O)Nc2cnn(CC(=O)O)c2)CC1. The minimum absolute atomic E-state index is 0.248. The van der Waals surface area contributed by atoms with Gasteiger partial charge in [0.1, 0.15) is 6.54 Å². The highest BCUT2D eigenvalue weighted by Gasteiger charge is 2.29. The minimum Gasteiger partial charge on any atom is -0.480 e. The first-order chi connectivity index (χ1) is 9.35. The number of hydrogen-bond acceptors (Lipinski definition) is 4. The summed E-state index contributed by atoms with van der Waals surface area (Å²) in [6, 6.07) is -0.268. The lowest BCUT2D eigenvalue weighted by Crippen LogP contribution is -2.46. The van der Waals surface area contributed by atoms with Crippen molar-refractivity contribution in [3.05, 3.63) is 12.4 Å². The van der Waals surface area contributed by atoms with Gasteiger partial charge in [0.15, 0.2) is 0 Å². The van der Waals surface area contributed by atoms with E-state index in [1.54, 1.807) is 11.8 Å². The second-order valence-corrected chi connectivity index (χ2v) is 5.23. The molecule has 2 rings (SSSR count). The molecular formula is C12H18N4O4. The smallest absolute Gasteiger partial charge is 0.325 e. The summed E-state index contributed by atoms with van der Waals surface area (Å²) in [6.45, 7) is 2.49. The molecule has 0 aromatic carbocycles. The zero-order chi connectivity index (χ0) is 14.8. The van der Waals surface area contributed by atoms with Gasteiger partial charge in [-0.05, 0) is 19.8 Å². The van der Waals surface area contributed by atoms with Crippen LogP contribution in [0.2, 0.25) is 0 Å². The number of nitrogens with one attached hydrogen (secondary N) is 1. The average Bonchev–Trinajstić information content (AvgIpc) is 2.75. The third-order valence-corrected chi connectivity index (χ3v) is 3.31. The monoisotopic (exact) mass is 282 g/mol. The van der Waals surface area contributed by atoms with Crippen LogP contribution in [0.1, 0.15) is 19.8 Å². The Kier molecular flexibility index (Phi) is 3.93. The highest BCUT2D eigenvalue weighted by molar-refractivity contribution is 5.89. The number of likely N-dealkylation sites (tertiary alicyclic amines) is 1. The van der Waals surface area contributed by atoms with Gasteiger partial charge in [-0.25, -0.2) is 4.79 Å². The van der Waals surface area contributed by atoms with E-state index in [-0.39, 0.29) is 12.6 Å². The molecule has 3 N–H and O–H groups in total. The molecule has 1 fully saturated rings. The molecule has 1 saturated heterocycles. The molecule has 0 bridgehead atoms. The number of carbonyl (C=O) groups is 2. The van der Waals surface area contributed by atoms with E-state index in [4.69, 9.17) is 5.11 Å². The average molecular weight is 282 g/mol. The summed E-state index contributed by atoms with van der Waals surface area (Å²) >= 11 is 0. The van der Waals surface area contributed by atoms with Gasteiger partial charge < -0.3 is 20.4 Å². The Morgan fingerprint density at radius 3 is 2.70 bits per heavy atom. The maximum absolute atomic E-state index is 12.0. The Hall–Kier alpha value is -2.09. The van der Waals surface area contributed by atoms with Crippen LogP contribution in [0.3, 0.4) is 0 Å². The van der Waals surface area contributed by atoms with Crippen molar-refractivity contribution < 1.29 is 19.8 Å². The number of urea groups is 1. The van der Waals surface area contributed by atoms with Crippen molar-refractivity contribution in [2.45, 2.75) is 31.9 Å². The van der Waals surface area contributed by atoms with Gasteiger partial charge in [-0.2, -0.15) is 5.10 Å². The van der Waals surface area contributed by atoms with Crippen molar-refractivity contribution in [1.29, 1.82) is 0 Å². The Morgan fingerprint density at radius 2 is 2.10 bits per heavy atom. The summed E-state index contributed by atoms with van der Waals surface area (Å²) in [5.41, 5.74) is -0.253. The highest BCUT2D eigenvalue weighted by Crippen LogP contribution is 2.21. The number of rotatable bonds is 3. The number of hydrogen-bond donors (Lipinski definition) is 3. The van der Waals surface area contributed by atoms with E-state index < -0.39 is 11.6 Å². The topological polar surface area (TPSA) is 108 Å². The fourth-order valence-electron chi connectivity index (χ4n) is 2.05. The third-order valence-electron chi connectivity index (χ3n) is 3.31. The van der Waals surface area contributed by atoms with Crippen molar-refractivity contribution in [3.63, 3.8) is 0 Å². The molecule has 1 aromatic rings. The van der Waals surface area contributed by atoms with Gasteiger partial charge in [-0.1, -0.05) is 0 Å². The van der Waals surface area contributed by atoms with Crippen LogP contribution in [0.25, 0.3) is 0 Å². The molecule has 2 heterocycles. The molecule has 0 unspecified atom stereocenters. The van der Waals surface area contributed by atoms with Gasteiger partial charge in [0, 0.05) is 19.3 Å². The number of amides is 2. The molecule has 2 amide bonds. The Labute approximate surface area is 116 Å². The van der Waals surface area contributed by atoms with Crippen molar-refractivity contribution >= 4 is 17.7 Å². The van der Waals surface area contributed by atoms with Crippen LogP contribution in [0, 0.1) is 0 Å². The zero-order valence-electron chi connectivity index (χ0n) is 11.2. The second kappa shape index (κ2) is 5.49. The molecule has 0 radical (unpaired) electrons. The van der Waals surface area contributed by atoms with Crippen LogP contribution in [0.5, 0.6) is 0 Å². The number of carboxylic acids is 1. The molecule has 20 heavy (non-hydrogen) atoms. The fraction of sp³-hybridized carbons (Fsp3) is 0.583. The largest absolute Gasteiger partial charge is 0.480 e. The van der Waals surface area contributed by atoms with E-state index in [9.17, 15) is 14.7 Å². The summed E-state index contributed by atoms with van der Waals surface area (Å²) in [5, 5.41) is 25.0. The lowest BCUT2D eigenvalue weighted by Gasteiger charge is -2.35. The fourth-order valence-corrected chi connectivity index (χ4v) is 2.05. The molecule has 110 valence electrons. The molecule has 1 aromatic heterocycles. The van der Waals surface area contributed by atoms with E-state index in [1.165, 1.54) is 17.1 Å². The first-order valence-electron chi connectivity index (χ1n) is 6.38. The van der Waals surface area contributed by atoms with Crippen molar-refractivity contribution in [2.24, 2.45) is 0 Å². The normalized spacial score (nSPS) is 17.8. The van der Waals surface area contributed by atoms with Crippen LogP contribution in [0.4, 0.5) is 10.5 Å². The second-order valence-electron chi connectivity index (χ2n) is 5.23. The first kappa shape index (κ1) is 14.3. The summed E-state index contributed by atoms with van der Waals surface area (Å²) in [4.78, 5) is 24.1. The van der Waals surface area contributed by atoms with Crippen molar-refractivity contribution in [2.75, 3.05) is 18.4 Å². The summed E-state index contributed by atoms with van der Waals surface area (Å²) in [6.07, 6.45) is 3.95. The number of carbonyl (C=O) groups excluding carboxylic acids is 1. The van der Waals surface area contributed by atoms with Crippen LogP contribution in [-0.2, 0) is 11.3 Å². The standard InChI is InChI=1S/C12H18N4O4/c1-12(20)2-4-15(5-3-12)11(19)14-9-6-13-16(7-9)8-10(17)18/h6-7,20H,2-5,8H2,1H3,(H,14,19)(H,17,18). The lowest BCUT2D eigenvalue weighted by molar-refractivity contribution is -0.137. The zero-order valence-corrected chi connectivity index (χ0v) is 11.2. The van der Waals surface area contributed by atoms with Crippen LogP contribution in [-0.4, -0.2) is 55.6 Å². The summed E-state index contributed by atoms with van der Waals surface area (Å²) < 4.78 is 1.24. The van der Waals surface area contributed by atoms with Gasteiger partial charge in [0.2, 0.25) is 0 Å². The lowest BCUT2D eigenvalue weighted by atomic mass is 9.94. The Morgan fingerprint density at radius 1 is 1.45 bits per heavy atom. The number of nitrogens with zero attached hydrogens (tertiary/aromatic N) is 3. The van der Waals surface area contributed by atoms with E-state index in [0.29, 0.717) is 31.6 Å². The molecular weight excluding hydrogens is 264 g/mol. The van der Waals surface area contributed by atoms with Gasteiger partial charge in [0.25, 0.3) is 0 Å². The van der Waals surface area contributed by atoms with E-state index in [2.05, 4.69) is 10.4 Å². The van der Waals surface area contributed by atoms with Gasteiger partial charge in [-0.15, -0.1) is 0 Å². The molecule has 0 saturated carbocycles. The minimum atomic E-state index is -0.996.